The minimum Gasteiger partial charge on any atom is -0.493 e. The lowest BCUT2D eigenvalue weighted by molar-refractivity contribution is 0.0114. The van der Waals surface area contributed by atoms with Crippen LogP contribution in [-0.2, 0) is 11.0 Å². The number of rotatable bonds is 10. The van der Waals surface area contributed by atoms with Gasteiger partial charge in [-0.3, -0.25) is 0 Å². The van der Waals surface area contributed by atoms with Crippen molar-refractivity contribution in [3.63, 3.8) is 0 Å². The zero-order valence-electron chi connectivity index (χ0n) is 34.6. The van der Waals surface area contributed by atoms with Gasteiger partial charge in [-0.2, -0.15) is 15.5 Å². The molecule has 0 saturated carbocycles. The van der Waals surface area contributed by atoms with E-state index >= 15 is 0 Å². The number of anilines is 2. The van der Waals surface area contributed by atoms with Gasteiger partial charge >= 0.3 is 0 Å². The maximum Gasteiger partial charge on any atom is 0.204 e. The molecular formula is C45H48FN7O7. The maximum absolute atomic E-state index is 13.6. The van der Waals surface area contributed by atoms with Gasteiger partial charge in [-0.05, 0) is 61.1 Å². The molecule has 8 rings (SSSR count). The zero-order chi connectivity index (χ0) is 42.4. The number of halogens is 1. The molecule has 2 saturated heterocycles. The topological polar surface area (TPSA) is 157 Å². The number of piperidine rings is 2. The number of nitriles is 1. The second-order valence-electron chi connectivity index (χ2n) is 14.6. The van der Waals surface area contributed by atoms with Gasteiger partial charge in [-0.1, -0.05) is 42.5 Å². The van der Waals surface area contributed by atoms with Crippen LogP contribution in [-0.4, -0.2) is 94.3 Å². The standard InChI is InChI=1S/C23H24N4O3.C22H24FN3O4/c1-28-19-13-17-18(20(29-2)21(19)30-3)14-25-26-22(17)27-11-9-23(15-24,10-12-27)16-7-5-4-6-8-16;1-28-18-12-16-17(19(29-2)20(18)30-3)13-24-25-21(16)26-9-7-22(27,8-10-26)14-5-4-6-15(23)11-14/h4-8,13-14H,9-12H2,1-3H3;4-6,11-13,27H,7-10H2,1-3H3. The lowest BCUT2D eigenvalue weighted by Crippen LogP contribution is -2.43. The first-order chi connectivity index (χ1) is 29.2. The Labute approximate surface area is 348 Å². The van der Waals surface area contributed by atoms with Gasteiger partial charge < -0.3 is 43.3 Å². The number of aliphatic hydroxyl groups is 1. The predicted molar refractivity (Wildman–Crippen MR) is 225 cm³/mol. The molecule has 0 bridgehead atoms. The SMILES string of the molecule is COc1cc2c(N3CCC(C#N)(c4ccccc4)CC3)nncc2c(OC)c1OC.COc1cc2c(N3CCC(O)(c4cccc(F)c4)CC3)nncc2c(OC)c1OC. The Bertz CT molecular complexity index is 2500. The third kappa shape index (κ3) is 7.66. The zero-order valence-corrected chi connectivity index (χ0v) is 34.6. The lowest BCUT2D eigenvalue weighted by Gasteiger charge is -2.39. The van der Waals surface area contributed by atoms with Crippen LogP contribution in [0, 0.1) is 17.1 Å². The molecule has 2 aliphatic heterocycles. The normalized spacial score (nSPS) is 15.7. The van der Waals surface area contributed by atoms with Crippen LogP contribution in [0.3, 0.4) is 0 Å². The number of benzene rings is 4. The fourth-order valence-corrected chi connectivity index (χ4v) is 8.32. The molecule has 2 aromatic heterocycles. The summed E-state index contributed by atoms with van der Waals surface area (Å²) in [6.07, 6.45) is 5.63. The van der Waals surface area contributed by atoms with Gasteiger partial charge in [-0.25, -0.2) is 4.39 Å². The first-order valence-corrected chi connectivity index (χ1v) is 19.5. The highest BCUT2D eigenvalue weighted by atomic mass is 19.1. The summed E-state index contributed by atoms with van der Waals surface area (Å²) >= 11 is 0. The Morgan fingerprint density at radius 1 is 0.583 bits per heavy atom. The number of nitrogens with zero attached hydrogens (tertiary/aromatic N) is 7. The maximum atomic E-state index is 13.6. The first kappa shape index (κ1) is 41.5. The molecule has 312 valence electrons. The van der Waals surface area contributed by atoms with E-state index in [0.29, 0.717) is 84.9 Å². The van der Waals surface area contributed by atoms with E-state index in [2.05, 4.69) is 36.3 Å². The van der Waals surface area contributed by atoms with Crippen molar-refractivity contribution in [3.8, 4) is 40.6 Å². The molecule has 4 aromatic carbocycles. The Morgan fingerprint density at radius 2 is 1.05 bits per heavy atom. The van der Waals surface area contributed by atoms with Crippen molar-refractivity contribution in [2.45, 2.75) is 36.7 Å². The van der Waals surface area contributed by atoms with Crippen LogP contribution in [0.5, 0.6) is 34.5 Å². The molecule has 2 fully saturated rings. The van der Waals surface area contributed by atoms with Crippen molar-refractivity contribution < 1.29 is 37.9 Å². The minimum atomic E-state index is -1.07. The van der Waals surface area contributed by atoms with Gasteiger partial charge in [0.15, 0.2) is 34.6 Å². The van der Waals surface area contributed by atoms with Crippen LogP contribution >= 0.6 is 0 Å². The lowest BCUT2D eigenvalue weighted by atomic mass is 9.74. The summed E-state index contributed by atoms with van der Waals surface area (Å²) in [4.78, 5) is 4.24. The van der Waals surface area contributed by atoms with E-state index < -0.39 is 11.0 Å². The van der Waals surface area contributed by atoms with Crippen LogP contribution in [0.1, 0.15) is 36.8 Å². The smallest absolute Gasteiger partial charge is 0.204 e. The van der Waals surface area contributed by atoms with Gasteiger partial charge in [0, 0.05) is 37.0 Å². The summed E-state index contributed by atoms with van der Waals surface area (Å²) in [6.45, 7) is 2.48. The molecule has 1 N–H and O–H groups in total. The summed E-state index contributed by atoms with van der Waals surface area (Å²) in [6, 6.07) is 22.5. The fraction of sp³-hybridized carbons (Fsp3) is 0.356. The van der Waals surface area contributed by atoms with E-state index in [0.717, 1.165) is 45.8 Å². The third-order valence-corrected chi connectivity index (χ3v) is 11.6. The van der Waals surface area contributed by atoms with E-state index in [4.69, 9.17) is 28.4 Å². The Kier molecular flexibility index (Phi) is 12.2. The molecule has 0 aliphatic carbocycles. The van der Waals surface area contributed by atoms with Crippen LogP contribution in [0.2, 0.25) is 0 Å². The summed E-state index contributed by atoms with van der Waals surface area (Å²) in [7, 11) is 9.46. The minimum absolute atomic E-state index is 0.351. The van der Waals surface area contributed by atoms with Crippen LogP contribution in [0.15, 0.2) is 79.1 Å². The fourth-order valence-electron chi connectivity index (χ4n) is 8.32. The van der Waals surface area contributed by atoms with Gasteiger partial charge in [-0.15, -0.1) is 10.2 Å². The van der Waals surface area contributed by atoms with E-state index in [1.54, 1.807) is 67.2 Å². The van der Waals surface area contributed by atoms with Crippen molar-refractivity contribution in [2.24, 2.45) is 0 Å². The van der Waals surface area contributed by atoms with E-state index in [9.17, 15) is 14.8 Å². The summed E-state index contributed by atoms with van der Waals surface area (Å²) in [5.41, 5.74) is 0.118. The van der Waals surface area contributed by atoms with Crippen LogP contribution < -0.4 is 38.2 Å². The van der Waals surface area contributed by atoms with Crippen molar-refractivity contribution in [1.82, 2.24) is 20.4 Å². The predicted octanol–water partition coefficient (Wildman–Crippen LogP) is 7.00. The molecule has 0 radical (unpaired) electrons. The number of methoxy groups -OCH3 is 6. The highest BCUT2D eigenvalue weighted by Crippen LogP contribution is 2.47. The molecule has 60 heavy (non-hydrogen) atoms. The first-order valence-electron chi connectivity index (χ1n) is 19.5. The largest absolute Gasteiger partial charge is 0.493 e. The summed E-state index contributed by atoms with van der Waals surface area (Å²) in [5, 5.41) is 41.5. The molecule has 0 spiro atoms. The molecule has 0 amide bonds. The van der Waals surface area contributed by atoms with Crippen LogP contribution in [0.25, 0.3) is 21.5 Å². The van der Waals surface area contributed by atoms with Gasteiger partial charge in [0.05, 0.1) is 82.9 Å². The number of fused-ring (bicyclic) bond motifs is 2. The average molecular weight is 818 g/mol. The van der Waals surface area contributed by atoms with Crippen molar-refractivity contribution >= 4 is 33.2 Å². The molecule has 0 unspecified atom stereocenters. The molecule has 4 heterocycles. The van der Waals surface area contributed by atoms with E-state index in [-0.39, 0.29) is 5.82 Å². The third-order valence-electron chi connectivity index (χ3n) is 11.6. The number of hydrogen-bond donors (Lipinski definition) is 1. The Balaban J connectivity index is 0.000000181. The van der Waals surface area contributed by atoms with Gasteiger partial charge in [0.25, 0.3) is 0 Å². The summed E-state index contributed by atoms with van der Waals surface area (Å²) in [5.74, 6) is 4.29. The average Bonchev–Trinajstić information content (AvgIpc) is 3.30. The molecule has 14 nitrogen and oxygen atoms in total. The van der Waals surface area contributed by atoms with Crippen molar-refractivity contribution in [1.29, 1.82) is 5.26 Å². The summed E-state index contributed by atoms with van der Waals surface area (Å²) < 4.78 is 46.8. The molecular weight excluding hydrogens is 770 g/mol. The van der Waals surface area contributed by atoms with E-state index in [1.807, 2.05) is 42.5 Å². The second-order valence-corrected chi connectivity index (χ2v) is 14.6. The Morgan fingerprint density at radius 3 is 1.48 bits per heavy atom. The van der Waals surface area contributed by atoms with E-state index in [1.165, 1.54) is 12.1 Å². The quantitative estimate of drug-likeness (QED) is 0.151. The molecule has 2 aliphatic rings. The number of aromatic nitrogens is 4. The Hall–Kier alpha value is -6.66. The number of hydrogen-bond acceptors (Lipinski definition) is 14. The van der Waals surface area contributed by atoms with Gasteiger partial charge in [0.2, 0.25) is 11.5 Å². The van der Waals surface area contributed by atoms with Crippen LogP contribution in [0.4, 0.5) is 16.0 Å². The second kappa shape index (κ2) is 17.7. The van der Waals surface area contributed by atoms with Gasteiger partial charge in [0.1, 0.15) is 5.82 Å². The van der Waals surface area contributed by atoms with Crippen molar-refractivity contribution in [2.75, 3.05) is 78.6 Å². The number of ether oxygens (including phenoxy) is 6. The molecule has 15 heteroatoms. The van der Waals surface area contributed by atoms with Crippen molar-refractivity contribution in [3.05, 3.63) is 96.1 Å². The highest BCUT2D eigenvalue weighted by Gasteiger charge is 2.38. The highest BCUT2D eigenvalue weighted by molar-refractivity contribution is 6.00. The molecule has 6 aromatic rings. The monoisotopic (exact) mass is 817 g/mol. The molecule has 0 atom stereocenters.